The third kappa shape index (κ3) is 3.86. The minimum absolute atomic E-state index is 0.392. The first-order valence-corrected chi connectivity index (χ1v) is 8.60. The Morgan fingerprint density at radius 3 is 2.52 bits per heavy atom. The van der Waals surface area contributed by atoms with E-state index in [1.54, 1.807) is 0 Å². The number of hydrogen-bond donors (Lipinski definition) is 1. The Morgan fingerprint density at radius 2 is 1.95 bits per heavy atom. The fourth-order valence-corrected chi connectivity index (χ4v) is 3.43. The first-order valence-electron chi connectivity index (χ1n) is 8.60. The maximum absolute atomic E-state index is 5.47. The van der Waals surface area contributed by atoms with Gasteiger partial charge in [0.15, 0.2) is 0 Å². The fraction of sp³-hybridized carbons (Fsp3) is 0.824. The number of nitrogens with one attached hydrogen (secondary N) is 1. The van der Waals surface area contributed by atoms with Crippen LogP contribution in [0.2, 0.25) is 0 Å². The fourth-order valence-electron chi connectivity index (χ4n) is 3.43. The number of hydrogen-bond acceptors (Lipinski definition) is 3. The van der Waals surface area contributed by atoms with Gasteiger partial charge >= 0.3 is 0 Å². The van der Waals surface area contributed by atoms with Crippen molar-refractivity contribution >= 4 is 0 Å². The van der Waals surface area contributed by atoms with Gasteiger partial charge in [-0.15, -0.1) is 0 Å². The van der Waals surface area contributed by atoms with Crippen molar-refractivity contribution in [2.45, 2.75) is 66.0 Å². The summed E-state index contributed by atoms with van der Waals surface area (Å²) in [6, 6.07) is 0.392. The van der Waals surface area contributed by atoms with E-state index in [1.165, 1.54) is 29.8 Å². The topological polar surface area (TPSA) is 39.1 Å². The molecule has 0 saturated carbocycles. The Labute approximate surface area is 129 Å². The quantitative estimate of drug-likeness (QED) is 0.839. The largest absolute Gasteiger partial charge is 0.381 e. The molecule has 4 heteroatoms. The van der Waals surface area contributed by atoms with E-state index in [-0.39, 0.29) is 0 Å². The molecule has 21 heavy (non-hydrogen) atoms. The Bertz CT molecular complexity index is 435. The molecule has 0 spiro atoms. The predicted molar refractivity (Wildman–Crippen MR) is 86.6 cm³/mol. The number of rotatable bonds is 7. The van der Waals surface area contributed by atoms with Crippen LogP contribution < -0.4 is 5.32 Å². The van der Waals surface area contributed by atoms with Crippen LogP contribution in [-0.2, 0) is 24.1 Å². The second-order valence-electron chi connectivity index (χ2n) is 6.03. The van der Waals surface area contributed by atoms with Crippen molar-refractivity contribution in [3.63, 3.8) is 0 Å². The molecule has 1 saturated heterocycles. The van der Waals surface area contributed by atoms with Gasteiger partial charge in [0, 0.05) is 37.1 Å². The van der Waals surface area contributed by atoms with E-state index >= 15 is 0 Å². The zero-order chi connectivity index (χ0) is 15.2. The molecule has 1 aromatic rings. The SMILES string of the molecule is CCNC(C)c1c(CC)nn(CC2CCOCC2)c1CC. The molecule has 120 valence electrons. The highest BCUT2D eigenvalue weighted by Crippen LogP contribution is 2.26. The molecule has 2 rings (SSSR count). The van der Waals surface area contributed by atoms with Crippen molar-refractivity contribution in [2.75, 3.05) is 19.8 Å². The summed E-state index contributed by atoms with van der Waals surface area (Å²) in [5, 5.41) is 8.49. The smallest absolute Gasteiger partial charge is 0.0672 e. The summed E-state index contributed by atoms with van der Waals surface area (Å²) in [4.78, 5) is 0. The van der Waals surface area contributed by atoms with Gasteiger partial charge in [0.25, 0.3) is 0 Å². The summed E-state index contributed by atoms with van der Waals surface area (Å²) in [7, 11) is 0. The lowest BCUT2D eigenvalue weighted by Crippen LogP contribution is -2.23. The highest BCUT2D eigenvalue weighted by molar-refractivity contribution is 5.30. The zero-order valence-corrected chi connectivity index (χ0v) is 14.1. The number of ether oxygens (including phenoxy) is 1. The molecule has 1 aliphatic rings. The minimum Gasteiger partial charge on any atom is -0.381 e. The van der Waals surface area contributed by atoms with Gasteiger partial charge < -0.3 is 10.1 Å². The van der Waals surface area contributed by atoms with Crippen LogP contribution in [-0.4, -0.2) is 29.5 Å². The van der Waals surface area contributed by atoms with Crippen molar-refractivity contribution < 1.29 is 4.74 Å². The molecular weight excluding hydrogens is 262 g/mol. The molecule has 0 bridgehead atoms. The summed E-state index contributed by atoms with van der Waals surface area (Å²) in [6.45, 7) is 12.8. The van der Waals surface area contributed by atoms with Gasteiger partial charge in [-0.1, -0.05) is 20.8 Å². The zero-order valence-electron chi connectivity index (χ0n) is 14.1. The van der Waals surface area contributed by atoms with Gasteiger partial charge in [-0.05, 0) is 45.1 Å². The molecule has 0 aliphatic carbocycles. The molecule has 1 unspecified atom stereocenters. The summed E-state index contributed by atoms with van der Waals surface area (Å²) in [6.07, 6.45) is 4.41. The molecule has 1 atom stereocenters. The summed E-state index contributed by atoms with van der Waals surface area (Å²) < 4.78 is 7.76. The Hall–Kier alpha value is -0.870. The van der Waals surface area contributed by atoms with Crippen LogP contribution in [0.5, 0.6) is 0 Å². The average molecular weight is 293 g/mol. The van der Waals surface area contributed by atoms with E-state index in [0.29, 0.717) is 6.04 Å². The lowest BCUT2D eigenvalue weighted by atomic mass is 9.99. The second kappa shape index (κ2) is 7.95. The Morgan fingerprint density at radius 1 is 1.24 bits per heavy atom. The van der Waals surface area contributed by atoms with Crippen molar-refractivity contribution in [3.05, 3.63) is 17.0 Å². The standard InChI is InChI=1S/C17H31N3O/c1-5-15-17(13(4)18-7-3)16(6-2)20(19-15)12-14-8-10-21-11-9-14/h13-14,18H,5-12H2,1-4H3. The minimum atomic E-state index is 0.392. The van der Waals surface area contributed by atoms with E-state index < -0.39 is 0 Å². The molecule has 1 aromatic heterocycles. The third-order valence-corrected chi connectivity index (χ3v) is 4.56. The van der Waals surface area contributed by atoms with Crippen LogP contribution in [0.25, 0.3) is 0 Å². The number of aryl methyl sites for hydroxylation is 1. The molecule has 1 aliphatic heterocycles. The molecular formula is C17H31N3O. The van der Waals surface area contributed by atoms with Gasteiger partial charge in [0.05, 0.1) is 5.69 Å². The maximum Gasteiger partial charge on any atom is 0.0672 e. The second-order valence-corrected chi connectivity index (χ2v) is 6.03. The molecule has 1 N–H and O–H groups in total. The van der Waals surface area contributed by atoms with E-state index in [0.717, 1.165) is 45.1 Å². The summed E-state index contributed by atoms with van der Waals surface area (Å²) in [5.74, 6) is 0.718. The number of aromatic nitrogens is 2. The van der Waals surface area contributed by atoms with Crippen LogP contribution in [0.4, 0.5) is 0 Å². The number of nitrogens with zero attached hydrogens (tertiary/aromatic N) is 2. The van der Waals surface area contributed by atoms with Crippen LogP contribution in [0.3, 0.4) is 0 Å². The van der Waals surface area contributed by atoms with Gasteiger partial charge in [0.2, 0.25) is 0 Å². The lowest BCUT2D eigenvalue weighted by molar-refractivity contribution is 0.0598. The lowest BCUT2D eigenvalue weighted by Gasteiger charge is -2.23. The maximum atomic E-state index is 5.47. The Balaban J connectivity index is 2.23. The Kier molecular flexibility index (Phi) is 6.24. The normalized spacial score (nSPS) is 18.1. The van der Waals surface area contributed by atoms with Crippen LogP contribution in [0, 0.1) is 5.92 Å². The first kappa shape index (κ1) is 16.5. The van der Waals surface area contributed by atoms with E-state index in [2.05, 4.69) is 37.7 Å². The molecule has 0 aromatic carbocycles. The molecule has 4 nitrogen and oxygen atoms in total. The summed E-state index contributed by atoms with van der Waals surface area (Å²) in [5.41, 5.74) is 4.13. The van der Waals surface area contributed by atoms with Gasteiger partial charge in [-0.3, -0.25) is 4.68 Å². The van der Waals surface area contributed by atoms with E-state index in [4.69, 9.17) is 9.84 Å². The van der Waals surface area contributed by atoms with Crippen molar-refractivity contribution in [1.29, 1.82) is 0 Å². The highest BCUT2D eigenvalue weighted by atomic mass is 16.5. The predicted octanol–water partition coefficient (Wildman–Crippen LogP) is 3.11. The van der Waals surface area contributed by atoms with Crippen LogP contribution in [0.1, 0.15) is 63.5 Å². The van der Waals surface area contributed by atoms with Crippen LogP contribution in [0.15, 0.2) is 0 Å². The van der Waals surface area contributed by atoms with Gasteiger partial charge in [0.1, 0.15) is 0 Å². The van der Waals surface area contributed by atoms with Gasteiger partial charge in [-0.25, -0.2) is 0 Å². The molecule has 0 radical (unpaired) electrons. The molecule has 2 heterocycles. The van der Waals surface area contributed by atoms with Crippen molar-refractivity contribution in [1.82, 2.24) is 15.1 Å². The molecule has 0 amide bonds. The van der Waals surface area contributed by atoms with Crippen molar-refractivity contribution in [2.24, 2.45) is 5.92 Å². The monoisotopic (exact) mass is 293 g/mol. The van der Waals surface area contributed by atoms with Crippen LogP contribution >= 0.6 is 0 Å². The van der Waals surface area contributed by atoms with Crippen molar-refractivity contribution in [3.8, 4) is 0 Å². The highest BCUT2D eigenvalue weighted by Gasteiger charge is 2.22. The van der Waals surface area contributed by atoms with E-state index in [1.807, 2.05) is 0 Å². The third-order valence-electron chi connectivity index (χ3n) is 4.56. The summed E-state index contributed by atoms with van der Waals surface area (Å²) >= 11 is 0. The van der Waals surface area contributed by atoms with E-state index in [9.17, 15) is 0 Å². The molecule has 1 fully saturated rings. The van der Waals surface area contributed by atoms with Gasteiger partial charge in [-0.2, -0.15) is 5.10 Å². The first-order chi connectivity index (χ1) is 10.2. The average Bonchev–Trinajstić information content (AvgIpc) is 2.86.